The van der Waals surface area contributed by atoms with Gasteiger partial charge in [-0.1, -0.05) is 18.2 Å². The summed E-state index contributed by atoms with van der Waals surface area (Å²) < 4.78 is 8.11. The molecule has 1 aliphatic carbocycles. The van der Waals surface area contributed by atoms with Crippen molar-refractivity contribution in [2.75, 3.05) is 32.7 Å². The molecule has 0 radical (unpaired) electrons. The Bertz CT molecular complexity index is 830. The van der Waals surface area contributed by atoms with Crippen LogP contribution in [0.1, 0.15) is 50.1 Å². The number of nitrogens with zero attached hydrogens (tertiary/aromatic N) is 4. The minimum Gasteiger partial charge on any atom is -0.373 e. The van der Waals surface area contributed by atoms with Crippen molar-refractivity contribution in [2.24, 2.45) is 5.92 Å². The zero-order chi connectivity index (χ0) is 20.5. The van der Waals surface area contributed by atoms with E-state index in [0.717, 1.165) is 32.0 Å². The van der Waals surface area contributed by atoms with Gasteiger partial charge >= 0.3 is 0 Å². The van der Waals surface area contributed by atoms with Gasteiger partial charge in [-0.2, -0.15) is 5.10 Å². The third kappa shape index (κ3) is 4.34. The number of aromatic nitrogens is 2. The van der Waals surface area contributed by atoms with Crippen molar-refractivity contribution in [3.05, 3.63) is 47.3 Å². The van der Waals surface area contributed by atoms with Crippen LogP contribution in [0, 0.1) is 5.92 Å². The SMILES string of the molecule is CC1CN(CC2CCN(Cc3nn(-c4ccccc4)c4c3CCC4)CC2)CC(C)O1. The van der Waals surface area contributed by atoms with Crippen LogP contribution in [0.2, 0.25) is 0 Å². The third-order valence-electron chi connectivity index (χ3n) is 7.11. The van der Waals surface area contributed by atoms with Gasteiger partial charge in [0.15, 0.2) is 0 Å². The van der Waals surface area contributed by atoms with Crippen molar-refractivity contribution in [2.45, 2.75) is 64.7 Å². The molecular formula is C25H36N4O. The molecule has 30 heavy (non-hydrogen) atoms. The summed E-state index contributed by atoms with van der Waals surface area (Å²) in [5, 5.41) is 5.08. The van der Waals surface area contributed by atoms with Crippen LogP contribution < -0.4 is 0 Å². The van der Waals surface area contributed by atoms with E-state index in [1.165, 1.54) is 68.0 Å². The fourth-order valence-electron chi connectivity index (χ4n) is 5.76. The largest absolute Gasteiger partial charge is 0.373 e. The fraction of sp³-hybridized carbons (Fsp3) is 0.640. The van der Waals surface area contributed by atoms with Gasteiger partial charge in [0.05, 0.1) is 23.6 Å². The highest BCUT2D eigenvalue weighted by Gasteiger charge is 2.28. The topological polar surface area (TPSA) is 33.5 Å². The third-order valence-corrected chi connectivity index (χ3v) is 7.11. The number of fused-ring (bicyclic) bond motifs is 1. The number of para-hydroxylation sites is 1. The lowest BCUT2D eigenvalue weighted by molar-refractivity contribution is -0.0732. The summed E-state index contributed by atoms with van der Waals surface area (Å²) in [6, 6.07) is 10.6. The molecule has 5 rings (SSSR count). The molecule has 2 aliphatic heterocycles. The molecular weight excluding hydrogens is 372 g/mol. The second-order valence-electron chi connectivity index (χ2n) is 9.67. The molecule has 0 saturated carbocycles. The lowest BCUT2D eigenvalue weighted by atomic mass is 9.95. The maximum absolute atomic E-state index is 5.90. The van der Waals surface area contributed by atoms with Crippen molar-refractivity contribution >= 4 is 0 Å². The maximum atomic E-state index is 5.90. The van der Waals surface area contributed by atoms with Gasteiger partial charge in [0, 0.05) is 31.9 Å². The molecule has 5 heteroatoms. The first kappa shape index (κ1) is 20.2. The Hall–Kier alpha value is -1.69. The molecule has 0 bridgehead atoms. The van der Waals surface area contributed by atoms with Gasteiger partial charge < -0.3 is 4.74 Å². The second kappa shape index (κ2) is 8.81. The normalized spacial score (nSPS) is 26.2. The highest BCUT2D eigenvalue weighted by atomic mass is 16.5. The molecule has 5 nitrogen and oxygen atoms in total. The smallest absolute Gasteiger partial charge is 0.0804 e. The standard InChI is InChI=1S/C25H36N4O/c1-19-15-28(16-20(2)30-19)17-21-11-13-27(14-12-21)18-24-23-9-6-10-25(23)29(26-24)22-7-4-3-5-8-22/h3-5,7-8,19-21H,6,9-18H2,1-2H3. The Kier molecular flexibility index (Phi) is 5.94. The molecule has 2 unspecified atom stereocenters. The van der Waals surface area contributed by atoms with Gasteiger partial charge in [-0.05, 0) is 82.7 Å². The number of likely N-dealkylation sites (tertiary alicyclic amines) is 1. The van der Waals surface area contributed by atoms with Crippen LogP contribution in [0.15, 0.2) is 30.3 Å². The van der Waals surface area contributed by atoms with Crippen LogP contribution in [-0.2, 0) is 24.1 Å². The van der Waals surface area contributed by atoms with Gasteiger partial charge in [0.1, 0.15) is 0 Å². The van der Waals surface area contributed by atoms with Gasteiger partial charge in [-0.3, -0.25) is 9.80 Å². The molecule has 1 aromatic heterocycles. The number of benzene rings is 1. The van der Waals surface area contributed by atoms with E-state index < -0.39 is 0 Å². The van der Waals surface area contributed by atoms with Gasteiger partial charge in [-0.15, -0.1) is 0 Å². The van der Waals surface area contributed by atoms with Crippen LogP contribution in [0.5, 0.6) is 0 Å². The van der Waals surface area contributed by atoms with Crippen molar-refractivity contribution in [3.63, 3.8) is 0 Å². The monoisotopic (exact) mass is 408 g/mol. The summed E-state index contributed by atoms with van der Waals surface area (Å²) in [5.41, 5.74) is 5.49. The van der Waals surface area contributed by atoms with E-state index >= 15 is 0 Å². The summed E-state index contributed by atoms with van der Waals surface area (Å²) in [5.74, 6) is 0.825. The summed E-state index contributed by atoms with van der Waals surface area (Å²) in [4.78, 5) is 5.27. The fourth-order valence-corrected chi connectivity index (χ4v) is 5.76. The highest BCUT2D eigenvalue weighted by Crippen LogP contribution is 2.29. The van der Waals surface area contributed by atoms with E-state index in [1.54, 1.807) is 0 Å². The molecule has 1 aromatic carbocycles. The van der Waals surface area contributed by atoms with Crippen molar-refractivity contribution in [1.82, 2.24) is 19.6 Å². The number of hydrogen-bond acceptors (Lipinski definition) is 4. The molecule has 3 aliphatic rings. The van der Waals surface area contributed by atoms with Gasteiger partial charge in [-0.25, -0.2) is 4.68 Å². The first-order chi connectivity index (χ1) is 14.7. The molecule has 2 atom stereocenters. The number of piperidine rings is 1. The lowest BCUT2D eigenvalue weighted by Gasteiger charge is -2.39. The maximum Gasteiger partial charge on any atom is 0.0804 e. The zero-order valence-corrected chi connectivity index (χ0v) is 18.6. The van der Waals surface area contributed by atoms with Crippen LogP contribution in [0.3, 0.4) is 0 Å². The summed E-state index contributed by atoms with van der Waals surface area (Å²) >= 11 is 0. The summed E-state index contributed by atoms with van der Waals surface area (Å²) in [6.07, 6.45) is 6.98. The Morgan fingerprint density at radius 2 is 1.70 bits per heavy atom. The number of hydrogen-bond donors (Lipinski definition) is 0. The minimum absolute atomic E-state index is 0.371. The van der Waals surface area contributed by atoms with E-state index in [4.69, 9.17) is 9.84 Å². The van der Waals surface area contributed by atoms with Gasteiger partial charge in [0.25, 0.3) is 0 Å². The Balaban J connectivity index is 1.19. The Morgan fingerprint density at radius 3 is 2.43 bits per heavy atom. The van der Waals surface area contributed by atoms with Crippen molar-refractivity contribution < 1.29 is 4.74 Å². The lowest BCUT2D eigenvalue weighted by Crippen LogP contribution is -2.48. The minimum atomic E-state index is 0.371. The average molecular weight is 409 g/mol. The van der Waals surface area contributed by atoms with E-state index in [9.17, 15) is 0 Å². The molecule has 0 N–H and O–H groups in total. The van der Waals surface area contributed by atoms with Crippen LogP contribution in [0.4, 0.5) is 0 Å². The molecule has 162 valence electrons. The van der Waals surface area contributed by atoms with Gasteiger partial charge in [0.2, 0.25) is 0 Å². The Labute approximate surface area is 181 Å². The molecule has 2 saturated heterocycles. The Morgan fingerprint density at radius 1 is 0.967 bits per heavy atom. The molecule has 2 fully saturated rings. The molecule has 0 spiro atoms. The van der Waals surface area contributed by atoms with Crippen LogP contribution >= 0.6 is 0 Å². The quantitative estimate of drug-likeness (QED) is 0.756. The van der Waals surface area contributed by atoms with E-state index in [0.29, 0.717) is 12.2 Å². The zero-order valence-electron chi connectivity index (χ0n) is 18.6. The van der Waals surface area contributed by atoms with Crippen molar-refractivity contribution in [1.29, 1.82) is 0 Å². The van der Waals surface area contributed by atoms with Crippen LogP contribution in [0.25, 0.3) is 5.69 Å². The first-order valence-electron chi connectivity index (χ1n) is 11.9. The van der Waals surface area contributed by atoms with E-state index in [1.807, 2.05) is 0 Å². The molecule has 2 aromatic rings. The number of morpholine rings is 1. The average Bonchev–Trinajstić information content (AvgIpc) is 3.33. The summed E-state index contributed by atoms with van der Waals surface area (Å²) in [6.45, 7) is 11.3. The molecule has 0 amide bonds. The number of rotatable bonds is 5. The predicted octanol–water partition coefficient (Wildman–Crippen LogP) is 3.68. The number of ether oxygens (including phenoxy) is 1. The second-order valence-corrected chi connectivity index (χ2v) is 9.67. The first-order valence-corrected chi connectivity index (χ1v) is 11.9. The van der Waals surface area contributed by atoms with E-state index in [-0.39, 0.29) is 0 Å². The van der Waals surface area contributed by atoms with Crippen LogP contribution in [-0.4, -0.2) is 64.5 Å². The highest BCUT2D eigenvalue weighted by molar-refractivity contribution is 5.39. The predicted molar refractivity (Wildman–Crippen MR) is 120 cm³/mol. The van der Waals surface area contributed by atoms with E-state index in [2.05, 4.69) is 58.7 Å². The molecule has 3 heterocycles. The summed E-state index contributed by atoms with van der Waals surface area (Å²) in [7, 11) is 0. The van der Waals surface area contributed by atoms with Crippen molar-refractivity contribution in [3.8, 4) is 5.69 Å².